The Kier molecular flexibility index (Phi) is 6.83. The molecule has 2 aliphatic rings. The van der Waals surface area contributed by atoms with Gasteiger partial charge < -0.3 is 9.64 Å². The fraction of sp³-hybridized carbons (Fsp3) is 0.833. The highest BCUT2D eigenvalue weighted by Crippen LogP contribution is 2.32. The molecule has 2 saturated heterocycles. The molecule has 0 radical (unpaired) electrons. The van der Waals surface area contributed by atoms with Crippen LogP contribution in [-0.4, -0.2) is 71.6 Å². The molecule has 1 unspecified atom stereocenters. The third kappa shape index (κ3) is 4.35. The summed E-state index contributed by atoms with van der Waals surface area (Å²) in [6.45, 7) is 11.1. The zero-order valence-corrected chi connectivity index (χ0v) is 17.0. The fourth-order valence-corrected chi connectivity index (χ4v) is 4.36. The zero-order chi connectivity index (χ0) is 18.5. The number of amides is 2. The molecule has 146 valence electrons. The van der Waals surface area contributed by atoms with Crippen molar-refractivity contribution >= 4 is 22.5 Å². The standard InChI is InChI=1S/C18H31N5O2S/c1-4-5-6-7-8-22-13-15(21-9-11-25-12-10-21)23(18(22)24)17-20-19-16(26-17)14(2)3/h14-15H,4-13H2,1-3H3. The molecule has 0 bridgehead atoms. The second kappa shape index (κ2) is 9.10. The van der Waals surface area contributed by atoms with Gasteiger partial charge in [0.15, 0.2) is 0 Å². The van der Waals surface area contributed by atoms with Crippen molar-refractivity contribution in [2.75, 3.05) is 44.3 Å². The SMILES string of the molecule is CCCCCCN1CC(N2CCOCC2)N(c2nnc(C(C)C)s2)C1=O. The van der Waals surface area contributed by atoms with Gasteiger partial charge in [0.25, 0.3) is 0 Å². The highest BCUT2D eigenvalue weighted by atomic mass is 32.1. The maximum atomic E-state index is 13.1. The third-order valence-electron chi connectivity index (χ3n) is 5.04. The highest BCUT2D eigenvalue weighted by molar-refractivity contribution is 7.15. The van der Waals surface area contributed by atoms with E-state index in [4.69, 9.17) is 4.74 Å². The summed E-state index contributed by atoms with van der Waals surface area (Å²) >= 11 is 1.54. The van der Waals surface area contributed by atoms with Gasteiger partial charge in [-0.2, -0.15) is 0 Å². The first kappa shape index (κ1) is 19.5. The number of unbranched alkanes of at least 4 members (excludes halogenated alkanes) is 3. The number of nitrogens with zero attached hydrogens (tertiary/aromatic N) is 5. The summed E-state index contributed by atoms with van der Waals surface area (Å²) in [5.74, 6) is 0.325. The van der Waals surface area contributed by atoms with Gasteiger partial charge in [-0.1, -0.05) is 51.4 Å². The number of hydrogen-bond acceptors (Lipinski definition) is 6. The summed E-state index contributed by atoms with van der Waals surface area (Å²) in [5, 5.41) is 10.4. The molecule has 8 heteroatoms. The summed E-state index contributed by atoms with van der Waals surface area (Å²) in [4.78, 5) is 19.3. The van der Waals surface area contributed by atoms with Crippen LogP contribution in [0.15, 0.2) is 0 Å². The van der Waals surface area contributed by atoms with Crippen LogP contribution < -0.4 is 4.90 Å². The minimum atomic E-state index is 0.0329. The summed E-state index contributed by atoms with van der Waals surface area (Å²) in [6.07, 6.45) is 4.71. The number of aromatic nitrogens is 2. The molecule has 0 saturated carbocycles. The number of morpholine rings is 1. The molecule has 2 amide bonds. The fourth-order valence-electron chi connectivity index (χ4n) is 3.47. The maximum absolute atomic E-state index is 13.1. The monoisotopic (exact) mass is 381 g/mol. The number of urea groups is 1. The van der Waals surface area contributed by atoms with E-state index in [0.717, 1.165) is 56.0 Å². The van der Waals surface area contributed by atoms with Crippen LogP contribution >= 0.6 is 11.3 Å². The first-order chi connectivity index (χ1) is 12.6. The van der Waals surface area contributed by atoms with Gasteiger partial charge in [0.05, 0.1) is 19.8 Å². The molecule has 1 aromatic heterocycles. The molecule has 2 aliphatic heterocycles. The van der Waals surface area contributed by atoms with Gasteiger partial charge in [-0.15, -0.1) is 10.2 Å². The molecule has 7 nitrogen and oxygen atoms in total. The van der Waals surface area contributed by atoms with Crippen molar-refractivity contribution in [2.24, 2.45) is 0 Å². The minimum Gasteiger partial charge on any atom is -0.379 e. The average Bonchev–Trinajstić information content (AvgIpc) is 3.25. The number of anilines is 1. The van der Waals surface area contributed by atoms with E-state index in [0.29, 0.717) is 5.92 Å². The number of ether oxygens (including phenoxy) is 1. The third-order valence-corrected chi connectivity index (χ3v) is 6.26. The van der Waals surface area contributed by atoms with Crippen LogP contribution in [-0.2, 0) is 4.74 Å². The van der Waals surface area contributed by atoms with E-state index in [1.54, 1.807) is 11.3 Å². The molecule has 2 fully saturated rings. The van der Waals surface area contributed by atoms with Crippen LogP contribution in [0.1, 0.15) is 57.4 Å². The summed E-state index contributed by atoms with van der Waals surface area (Å²) < 4.78 is 5.50. The Morgan fingerprint density at radius 1 is 1.19 bits per heavy atom. The number of carbonyl (C=O) groups excluding carboxylic acids is 1. The highest BCUT2D eigenvalue weighted by Gasteiger charge is 2.43. The second-order valence-electron chi connectivity index (χ2n) is 7.37. The first-order valence-corrected chi connectivity index (χ1v) is 10.7. The zero-order valence-electron chi connectivity index (χ0n) is 16.2. The Balaban J connectivity index is 1.75. The predicted molar refractivity (Wildman–Crippen MR) is 104 cm³/mol. The van der Waals surface area contributed by atoms with E-state index in [1.165, 1.54) is 19.3 Å². The number of hydrogen-bond donors (Lipinski definition) is 0. The number of carbonyl (C=O) groups is 1. The summed E-state index contributed by atoms with van der Waals surface area (Å²) in [6, 6.07) is 0.0736. The van der Waals surface area contributed by atoms with Crippen LogP contribution in [0.25, 0.3) is 0 Å². The molecule has 0 N–H and O–H groups in total. The van der Waals surface area contributed by atoms with Crippen molar-refractivity contribution in [3.63, 3.8) is 0 Å². The molecule has 26 heavy (non-hydrogen) atoms. The van der Waals surface area contributed by atoms with Crippen LogP contribution in [0.4, 0.5) is 9.93 Å². The van der Waals surface area contributed by atoms with Gasteiger partial charge in [-0.25, -0.2) is 9.69 Å². The van der Waals surface area contributed by atoms with Crippen molar-refractivity contribution in [2.45, 2.75) is 58.5 Å². The van der Waals surface area contributed by atoms with Crippen LogP contribution in [0.2, 0.25) is 0 Å². The van der Waals surface area contributed by atoms with Crippen LogP contribution in [0.3, 0.4) is 0 Å². The van der Waals surface area contributed by atoms with E-state index in [9.17, 15) is 4.79 Å². The van der Waals surface area contributed by atoms with Crippen molar-refractivity contribution in [1.29, 1.82) is 0 Å². The van der Waals surface area contributed by atoms with Gasteiger partial charge in [0.1, 0.15) is 11.2 Å². The van der Waals surface area contributed by atoms with E-state index < -0.39 is 0 Å². The van der Waals surface area contributed by atoms with Crippen LogP contribution in [0, 0.1) is 0 Å². The quantitative estimate of drug-likeness (QED) is 0.648. The van der Waals surface area contributed by atoms with Crippen molar-refractivity contribution in [1.82, 2.24) is 20.0 Å². The van der Waals surface area contributed by atoms with Crippen LogP contribution in [0.5, 0.6) is 0 Å². The van der Waals surface area contributed by atoms with E-state index in [1.807, 2.05) is 9.80 Å². The van der Waals surface area contributed by atoms with Gasteiger partial charge in [0, 0.05) is 25.6 Å². The lowest BCUT2D eigenvalue weighted by Gasteiger charge is -2.34. The topological polar surface area (TPSA) is 61.8 Å². The van der Waals surface area contributed by atoms with Gasteiger partial charge >= 0.3 is 6.03 Å². The average molecular weight is 382 g/mol. The molecule has 1 aromatic rings. The number of rotatable bonds is 8. The molecule has 0 aromatic carbocycles. The van der Waals surface area contributed by atoms with Crippen molar-refractivity contribution in [3.05, 3.63) is 5.01 Å². The Morgan fingerprint density at radius 3 is 2.62 bits per heavy atom. The Bertz CT molecular complexity index is 588. The van der Waals surface area contributed by atoms with Crippen molar-refractivity contribution < 1.29 is 9.53 Å². The molecular weight excluding hydrogens is 350 g/mol. The lowest BCUT2D eigenvalue weighted by atomic mass is 10.2. The van der Waals surface area contributed by atoms with Gasteiger partial charge in [-0.05, 0) is 6.42 Å². The second-order valence-corrected chi connectivity index (χ2v) is 8.35. The lowest BCUT2D eigenvalue weighted by molar-refractivity contribution is 0.0189. The lowest BCUT2D eigenvalue weighted by Crippen LogP contribution is -2.51. The molecule has 0 spiro atoms. The Morgan fingerprint density at radius 2 is 1.96 bits per heavy atom. The van der Waals surface area contributed by atoms with E-state index in [2.05, 4.69) is 35.9 Å². The van der Waals surface area contributed by atoms with E-state index in [-0.39, 0.29) is 12.2 Å². The molecular formula is C18H31N5O2S. The Hall–Kier alpha value is -1.25. The summed E-state index contributed by atoms with van der Waals surface area (Å²) in [7, 11) is 0. The smallest absolute Gasteiger partial charge is 0.327 e. The summed E-state index contributed by atoms with van der Waals surface area (Å²) in [5.41, 5.74) is 0. The predicted octanol–water partition coefficient (Wildman–Crippen LogP) is 3.14. The molecule has 1 atom stereocenters. The van der Waals surface area contributed by atoms with Gasteiger partial charge in [-0.3, -0.25) is 4.90 Å². The van der Waals surface area contributed by atoms with Crippen molar-refractivity contribution in [3.8, 4) is 0 Å². The minimum absolute atomic E-state index is 0.0329. The molecule has 3 heterocycles. The van der Waals surface area contributed by atoms with E-state index >= 15 is 0 Å². The maximum Gasteiger partial charge on any atom is 0.327 e. The van der Waals surface area contributed by atoms with Gasteiger partial charge in [0.2, 0.25) is 5.13 Å². The molecule has 0 aliphatic carbocycles. The Labute approximate surface area is 160 Å². The largest absolute Gasteiger partial charge is 0.379 e. The molecule has 3 rings (SSSR count). The normalized spacial score (nSPS) is 22.0. The first-order valence-electron chi connectivity index (χ1n) is 9.85.